The third kappa shape index (κ3) is 10.2. The van der Waals surface area contributed by atoms with Crippen LogP contribution in [-0.4, -0.2) is 35.6 Å². The molecule has 9 heteroatoms. The zero-order valence-electron chi connectivity index (χ0n) is 27.4. The predicted molar refractivity (Wildman–Crippen MR) is 183 cm³/mol. The van der Waals surface area contributed by atoms with E-state index in [9.17, 15) is 30.1 Å². The van der Waals surface area contributed by atoms with Gasteiger partial charge in [0.1, 0.15) is 0 Å². The van der Waals surface area contributed by atoms with Gasteiger partial charge in [0.2, 0.25) is 0 Å². The number of nitrogens with zero attached hydrogens (tertiary/aromatic N) is 2. The maximum Gasteiger partial charge on any atom is 0.276 e. The van der Waals surface area contributed by atoms with Crippen LogP contribution in [0.2, 0.25) is 13.3 Å². The molecular formula is C37H42N2O6Sn. The molecule has 4 aromatic carbocycles. The van der Waals surface area contributed by atoms with E-state index < -0.39 is 52.5 Å². The first-order valence-electron chi connectivity index (χ1n) is 15.2. The van der Waals surface area contributed by atoms with Gasteiger partial charge in [-0.05, 0) is 0 Å². The summed E-state index contributed by atoms with van der Waals surface area (Å²) >= 11 is -1.84. The Morgan fingerprint density at radius 3 is 1.09 bits per heavy atom. The van der Waals surface area contributed by atoms with Crippen molar-refractivity contribution in [2.24, 2.45) is 0 Å². The zero-order chi connectivity index (χ0) is 34.1. The molecule has 0 spiro atoms. The molecule has 0 aliphatic carbocycles. The van der Waals surface area contributed by atoms with E-state index in [2.05, 4.69) is 133 Å². The van der Waals surface area contributed by atoms with Gasteiger partial charge in [0.15, 0.2) is 0 Å². The van der Waals surface area contributed by atoms with Crippen molar-refractivity contribution in [1.82, 2.24) is 0 Å². The van der Waals surface area contributed by atoms with Gasteiger partial charge in [-0.2, -0.15) is 0 Å². The topological polar surface area (TPSA) is 126 Å². The van der Waals surface area contributed by atoms with Crippen molar-refractivity contribution < 1.29 is 19.7 Å². The minimum Gasteiger partial charge on any atom is -0.545 e. The third-order valence-electron chi connectivity index (χ3n) is 8.30. The molecule has 0 heterocycles. The van der Waals surface area contributed by atoms with Crippen LogP contribution in [0, 0.1) is 20.2 Å². The minimum absolute atomic E-state index is 0.232. The fourth-order valence-corrected chi connectivity index (χ4v) is 19.5. The predicted octanol–water partition coefficient (Wildman–Crippen LogP) is 8.28. The number of non-ortho nitro benzene ring substituents is 2. The second-order valence-electron chi connectivity index (χ2n) is 13.6. The smallest absolute Gasteiger partial charge is 0.276 e. The van der Waals surface area contributed by atoms with E-state index in [0.717, 1.165) is 0 Å². The number of nitro benzene ring substituents is 2. The quantitative estimate of drug-likeness (QED) is 0.0821. The van der Waals surface area contributed by atoms with Gasteiger partial charge < -0.3 is 9.90 Å². The van der Waals surface area contributed by atoms with E-state index in [1.807, 2.05) is 0 Å². The maximum absolute atomic E-state index is 10.4. The molecule has 0 unspecified atom stereocenters. The molecule has 0 saturated heterocycles. The van der Waals surface area contributed by atoms with Gasteiger partial charge in [-0.15, -0.1) is 0 Å². The molecule has 46 heavy (non-hydrogen) atoms. The first-order chi connectivity index (χ1) is 21.5. The summed E-state index contributed by atoms with van der Waals surface area (Å²) in [6.45, 7) is 14.8. The molecule has 0 aromatic heterocycles. The third-order valence-corrected chi connectivity index (χ3v) is 20.2. The Morgan fingerprint density at radius 1 is 0.565 bits per heavy atom. The summed E-state index contributed by atoms with van der Waals surface area (Å²) in [5, 5.41) is 31.0. The first kappa shape index (κ1) is 36.4. The number of carboxylic acid groups (broad SMARTS) is 1. The molecule has 0 amide bonds. The van der Waals surface area contributed by atoms with Gasteiger partial charge in [-0.3, -0.25) is 20.2 Å². The van der Waals surface area contributed by atoms with Gasteiger partial charge in [-0.1, -0.05) is 0 Å². The molecule has 4 aromatic rings. The average molecular weight is 729 g/mol. The normalized spacial score (nSPS) is 11.6. The molecule has 0 saturated carbocycles. The summed E-state index contributed by atoms with van der Waals surface area (Å²) < 4.78 is 4.14. The van der Waals surface area contributed by atoms with Crippen molar-refractivity contribution in [1.29, 1.82) is 0 Å². The molecule has 0 atom stereocenters. The standard InChI is InChI=1S/3C10H13.C7H4N2O6.Sn/c3*1-10(2,3)9-7-5-4-6-8-9;10-7(11)4-1-5(8(12)13)3-6(2-4)9(14)15;/h3*4-8H,1H2,2-3H3;1-3H,(H,10,11);/q;;;;+1/p-1. The van der Waals surface area contributed by atoms with Crippen LogP contribution in [0.4, 0.5) is 11.4 Å². The second kappa shape index (κ2) is 15.5. The van der Waals surface area contributed by atoms with Crippen molar-refractivity contribution in [2.75, 3.05) is 0 Å². The fraction of sp³-hybridized carbons (Fsp3) is 0.324. The number of carboxylic acids is 1. The fourth-order valence-electron chi connectivity index (χ4n) is 5.96. The maximum atomic E-state index is 10.4. The summed E-state index contributed by atoms with van der Waals surface area (Å²) in [5.41, 5.74) is 3.23. The molecule has 8 nitrogen and oxygen atoms in total. The minimum atomic E-state index is -1.84. The number of aromatic carboxylic acids is 1. The summed E-state index contributed by atoms with van der Waals surface area (Å²) in [6.07, 6.45) is 0. The van der Waals surface area contributed by atoms with E-state index in [1.165, 1.54) is 30.0 Å². The monoisotopic (exact) mass is 730 g/mol. The Hall–Kier alpha value is -4.05. The Morgan fingerprint density at radius 2 is 0.848 bits per heavy atom. The van der Waals surface area contributed by atoms with E-state index in [-0.39, 0.29) is 16.2 Å². The number of rotatable bonds is 12. The summed E-state index contributed by atoms with van der Waals surface area (Å²) in [4.78, 5) is 29.2. The second-order valence-corrected chi connectivity index (χ2v) is 20.9. The number of carbonyl (C=O) groups excluding carboxylic acids is 1. The molecule has 240 valence electrons. The van der Waals surface area contributed by atoms with Gasteiger partial charge >= 0.3 is 199 Å². The van der Waals surface area contributed by atoms with Crippen molar-refractivity contribution in [2.45, 2.75) is 71.1 Å². The molecule has 0 aliphatic heterocycles. The van der Waals surface area contributed by atoms with Crippen molar-refractivity contribution in [3.63, 3.8) is 0 Å². The average Bonchev–Trinajstić information content (AvgIpc) is 3.01. The molecule has 4 rings (SSSR count). The van der Waals surface area contributed by atoms with Gasteiger partial charge in [-0.25, -0.2) is 0 Å². The zero-order valence-corrected chi connectivity index (χ0v) is 30.2. The number of benzene rings is 4. The van der Waals surface area contributed by atoms with Crippen LogP contribution in [0.1, 0.15) is 68.6 Å². The van der Waals surface area contributed by atoms with Crippen LogP contribution in [0.15, 0.2) is 109 Å². The SMILES string of the molecule is CC(C)([CH2][Sn+]([CH2]C(C)(C)c1ccccc1)[CH2]C(C)(C)c1ccccc1)c1ccccc1.O=C([O-])c1cc([N+](=O)[O-])cc([N+](=O)[O-])c1. The van der Waals surface area contributed by atoms with E-state index in [1.54, 1.807) is 0 Å². The van der Waals surface area contributed by atoms with Crippen LogP contribution >= 0.6 is 0 Å². The van der Waals surface area contributed by atoms with Crippen molar-refractivity contribution in [3.05, 3.63) is 152 Å². The molecule has 0 radical (unpaired) electrons. The summed E-state index contributed by atoms with van der Waals surface area (Å²) in [5.74, 6) is -1.71. The van der Waals surface area contributed by atoms with Crippen LogP contribution in [-0.2, 0) is 16.2 Å². The van der Waals surface area contributed by atoms with Gasteiger partial charge in [0, 0.05) is 17.7 Å². The Labute approximate surface area is 278 Å². The van der Waals surface area contributed by atoms with E-state index in [0.29, 0.717) is 18.2 Å². The number of nitro groups is 2. The van der Waals surface area contributed by atoms with Crippen LogP contribution < -0.4 is 5.11 Å². The van der Waals surface area contributed by atoms with Crippen LogP contribution in [0.3, 0.4) is 0 Å². The number of hydrogen-bond donors (Lipinski definition) is 0. The van der Waals surface area contributed by atoms with E-state index >= 15 is 0 Å². The number of carbonyl (C=O) groups is 1. The van der Waals surface area contributed by atoms with E-state index in [4.69, 9.17) is 0 Å². The summed E-state index contributed by atoms with van der Waals surface area (Å²) in [6, 6.07) is 35.6. The molecular weight excluding hydrogens is 687 g/mol. The van der Waals surface area contributed by atoms with Crippen LogP contribution in [0.25, 0.3) is 0 Å². The largest absolute Gasteiger partial charge is 0.545 e. The molecule has 0 N–H and O–H groups in total. The number of hydrogen-bond acceptors (Lipinski definition) is 6. The molecule has 0 bridgehead atoms. The Kier molecular flexibility index (Phi) is 12.3. The van der Waals surface area contributed by atoms with Crippen LogP contribution in [0.5, 0.6) is 0 Å². The van der Waals surface area contributed by atoms with Gasteiger partial charge in [0.05, 0.1) is 21.9 Å². The van der Waals surface area contributed by atoms with Crippen molar-refractivity contribution >= 4 is 37.1 Å². The van der Waals surface area contributed by atoms with Crippen molar-refractivity contribution in [3.8, 4) is 0 Å². The molecule has 0 fully saturated rings. The Bertz CT molecular complexity index is 1420. The Balaban J connectivity index is 0.000000322. The summed E-state index contributed by atoms with van der Waals surface area (Å²) in [7, 11) is 0. The molecule has 0 aliphatic rings. The van der Waals surface area contributed by atoms with Gasteiger partial charge in [0.25, 0.3) is 11.4 Å². The first-order valence-corrected chi connectivity index (χ1v) is 21.2.